The maximum absolute atomic E-state index is 14.3. The highest BCUT2D eigenvalue weighted by molar-refractivity contribution is 7.92. The van der Waals surface area contributed by atoms with Crippen LogP contribution in [0.25, 0.3) is 0 Å². The Hall–Kier alpha value is -2.86. The SMILES string of the molecule is CN(C)S(=O)(=O)c1ccc(S(=O)(=O)Nc2ccccc2N2CC3(CN(c4ccc(Cl)cc4F)C3)C2)cc1. The normalized spacial score (nSPS) is 17.0. The van der Waals surface area contributed by atoms with Gasteiger partial charge in [-0.2, -0.15) is 0 Å². The first kappa shape index (κ1) is 25.8. The standard InChI is InChI=1S/C25H26ClFN4O4S2/c1-29(2)37(34,35)20-10-8-19(9-11-20)36(32,33)28-22-5-3-4-6-24(22)31-16-25(17-31)14-30(15-25)23-12-7-18(26)13-21(23)27/h3-13,28H,14-17H2,1-2H3. The molecule has 0 atom stereocenters. The molecule has 0 saturated carbocycles. The van der Waals surface area contributed by atoms with E-state index in [1.165, 1.54) is 44.4 Å². The first-order valence-electron chi connectivity index (χ1n) is 11.5. The van der Waals surface area contributed by atoms with Crippen LogP contribution in [-0.4, -0.2) is 61.4 Å². The van der Waals surface area contributed by atoms with E-state index in [4.69, 9.17) is 11.6 Å². The lowest BCUT2D eigenvalue weighted by atomic mass is 9.72. The predicted octanol–water partition coefficient (Wildman–Crippen LogP) is 3.86. The van der Waals surface area contributed by atoms with Crippen LogP contribution in [0.15, 0.2) is 76.5 Å². The smallest absolute Gasteiger partial charge is 0.261 e. The summed E-state index contributed by atoms with van der Waals surface area (Å²) in [5.74, 6) is -0.342. The van der Waals surface area contributed by atoms with Crippen molar-refractivity contribution in [1.29, 1.82) is 0 Å². The molecule has 12 heteroatoms. The van der Waals surface area contributed by atoms with Crippen LogP contribution < -0.4 is 14.5 Å². The zero-order valence-electron chi connectivity index (χ0n) is 20.2. The average Bonchev–Trinajstić information content (AvgIpc) is 2.79. The molecular formula is C25H26ClFN4O4S2. The molecule has 0 bridgehead atoms. The highest BCUT2D eigenvalue weighted by Gasteiger charge is 2.52. The summed E-state index contributed by atoms with van der Waals surface area (Å²) in [6, 6.07) is 16.9. The molecule has 196 valence electrons. The van der Waals surface area contributed by atoms with Crippen molar-refractivity contribution in [2.24, 2.45) is 5.41 Å². The van der Waals surface area contributed by atoms with Crippen molar-refractivity contribution in [3.63, 3.8) is 0 Å². The Morgan fingerprint density at radius 3 is 2.00 bits per heavy atom. The third-order valence-corrected chi connectivity index (χ3v) is 10.2. The number of rotatable bonds is 7. The monoisotopic (exact) mass is 564 g/mol. The van der Waals surface area contributed by atoms with E-state index < -0.39 is 20.0 Å². The fourth-order valence-electron chi connectivity index (χ4n) is 4.85. The Morgan fingerprint density at radius 1 is 0.838 bits per heavy atom. The van der Waals surface area contributed by atoms with Gasteiger partial charge in [-0.3, -0.25) is 4.72 Å². The van der Waals surface area contributed by atoms with Gasteiger partial charge in [-0.25, -0.2) is 25.5 Å². The van der Waals surface area contributed by atoms with E-state index >= 15 is 0 Å². The van der Waals surface area contributed by atoms with Crippen molar-refractivity contribution < 1.29 is 21.2 Å². The third-order valence-electron chi connectivity index (χ3n) is 6.76. The maximum atomic E-state index is 14.3. The van der Waals surface area contributed by atoms with E-state index in [1.54, 1.807) is 24.3 Å². The lowest BCUT2D eigenvalue weighted by Crippen LogP contribution is -2.72. The molecule has 0 amide bonds. The minimum atomic E-state index is -3.96. The number of anilines is 3. The molecule has 8 nitrogen and oxygen atoms in total. The molecule has 2 aliphatic rings. The van der Waals surface area contributed by atoms with Crippen LogP contribution >= 0.6 is 11.6 Å². The van der Waals surface area contributed by atoms with Crippen molar-refractivity contribution in [3.05, 3.63) is 77.6 Å². The summed E-state index contributed by atoms with van der Waals surface area (Å²) in [6.45, 7) is 2.85. The first-order valence-corrected chi connectivity index (χ1v) is 14.8. The molecule has 0 radical (unpaired) electrons. The van der Waals surface area contributed by atoms with Gasteiger partial charge < -0.3 is 9.80 Å². The van der Waals surface area contributed by atoms with Crippen LogP contribution in [-0.2, 0) is 20.0 Å². The van der Waals surface area contributed by atoms with E-state index in [2.05, 4.69) is 9.62 Å². The lowest BCUT2D eigenvalue weighted by Gasteiger charge is -2.61. The fraction of sp³-hybridized carbons (Fsp3) is 0.280. The molecule has 2 heterocycles. The second-order valence-electron chi connectivity index (χ2n) is 9.69. The summed E-state index contributed by atoms with van der Waals surface area (Å²) in [5, 5.41) is 0.361. The molecule has 1 N–H and O–H groups in total. The molecule has 37 heavy (non-hydrogen) atoms. The summed E-state index contributed by atoms with van der Waals surface area (Å²) in [6.07, 6.45) is 0. The van der Waals surface area contributed by atoms with Gasteiger partial charge in [0.05, 0.1) is 26.9 Å². The topological polar surface area (TPSA) is 90.0 Å². The zero-order chi connectivity index (χ0) is 26.6. The largest absolute Gasteiger partial charge is 0.368 e. The molecular weight excluding hydrogens is 539 g/mol. The summed E-state index contributed by atoms with van der Waals surface area (Å²) in [7, 11) is -4.80. The summed E-state index contributed by atoms with van der Waals surface area (Å²) >= 11 is 5.86. The first-order chi connectivity index (χ1) is 17.4. The molecule has 3 aromatic carbocycles. The molecule has 3 aromatic rings. The summed E-state index contributed by atoms with van der Waals surface area (Å²) < 4.78 is 68.7. The van der Waals surface area contributed by atoms with Gasteiger partial charge in [-0.15, -0.1) is 0 Å². The van der Waals surface area contributed by atoms with Crippen LogP contribution in [0.2, 0.25) is 5.02 Å². The van der Waals surface area contributed by atoms with Crippen molar-refractivity contribution in [1.82, 2.24) is 4.31 Å². The molecule has 0 unspecified atom stereocenters. The number of para-hydroxylation sites is 2. The molecule has 0 aromatic heterocycles. The highest BCUT2D eigenvalue weighted by atomic mass is 35.5. The van der Waals surface area contributed by atoms with Gasteiger partial charge in [0.2, 0.25) is 10.0 Å². The molecule has 2 saturated heterocycles. The lowest BCUT2D eigenvalue weighted by molar-refractivity contribution is 0.156. The number of hydrogen-bond donors (Lipinski definition) is 1. The maximum Gasteiger partial charge on any atom is 0.261 e. The number of hydrogen-bond acceptors (Lipinski definition) is 6. The quantitative estimate of drug-likeness (QED) is 0.469. The number of nitrogens with one attached hydrogen (secondary N) is 1. The van der Waals surface area contributed by atoms with Crippen LogP contribution in [0.5, 0.6) is 0 Å². The number of benzene rings is 3. The van der Waals surface area contributed by atoms with Gasteiger partial charge in [0, 0.05) is 50.7 Å². The average molecular weight is 565 g/mol. The van der Waals surface area contributed by atoms with Gasteiger partial charge in [0.1, 0.15) is 5.82 Å². The Morgan fingerprint density at radius 2 is 1.41 bits per heavy atom. The Balaban J connectivity index is 1.27. The van der Waals surface area contributed by atoms with Crippen molar-refractivity contribution in [2.45, 2.75) is 9.79 Å². The summed E-state index contributed by atoms with van der Waals surface area (Å²) in [5.41, 5.74) is 1.74. The Labute approximate surface area is 221 Å². The van der Waals surface area contributed by atoms with Crippen molar-refractivity contribution in [2.75, 3.05) is 54.8 Å². The predicted molar refractivity (Wildman–Crippen MR) is 143 cm³/mol. The summed E-state index contributed by atoms with van der Waals surface area (Å²) in [4.78, 5) is 4.05. The minimum absolute atomic E-state index is 0.00995. The second kappa shape index (κ2) is 9.16. The van der Waals surface area contributed by atoms with Gasteiger partial charge in [0.15, 0.2) is 0 Å². The van der Waals surface area contributed by atoms with E-state index in [0.29, 0.717) is 42.6 Å². The van der Waals surface area contributed by atoms with Crippen LogP contribution in [0, 0.1) is 11.2 Å². The van der Waals surface area contributed by atoms with E-state index in [9.17, 15) is 21.2 Å². The van der Waals surface area contributed by atoms with Crippen LogP contribution in [0.1, 0.15) is 0 Å². The van der Waals surface area contributed by atoms with Crippen molar-refractivity contribution in [3.8, 4) is 0 Å². The molecule has 5 rings (SSSR count). The fourth-order valence-corrected chi connectivity index (χ4v) is 6.98. The van der Waals surface area contributed by atoms with Gasteiger partial charge >= 0.3 is 0 Å². The number of nitrogens with zero attached hydrogens (tertiary/aromatic N) is 3. The van der Waals surface area contributed by atoms with Gasteiger partial charge in [0.25, 0.3) is 10.0 Å². The van der Waals surface area contributed by atoms with E-state index in [-0.39, 0.29) is 21.0 Å². The molecule has 2 fully saturated rings. The van der Waals surface area contributed by atoms with Crippen molar-refractivity contribution >= 4 is 48.7 Å². The highest BCUT2D eigenvalue weighted by Crippen LogP contribution is 2.46. The van der Waals surface area contributed by atoms with E-state index in [0.717, 1.165) is 9.99 Å². The van der Waals surface area contributed by atoms with Crippen LogP contribution in [0.3, 0.4) is 0 Å². The van der Waals surface area contributed by atoms with Gasteiger partial charge in [-0.1, -0.05) is 23.7 Å². The molecule has 0 aliphatic carbocycles. The second-order valence-corrected chi connectivity index (χ2v) is 14.0. The third kappa shape index (κ3) is 4.76. The van der Waals surface area contributed by atoms with E-state index in [1.807, 2.05) is 17.0 Å². The Bertz CT molecular complexity index is 1550. The van der Waals surface area contributed by atoms with Gasteiger partial charge in [-0.05, 0) is 54.6 Å². The number of sulfonamides is 2. The minimum Gasteiger partial charge on any atom is -0.368 e. The zero-order valence-corrected chi connectivity index (χ0v) is 22.6. The molecule has 1 spiro atoms. The molecule has 2 aliphatic heterocycles. The Kier molecular flexibility index (Phi) is 6.38. The van der Waals surface area contributed by atoms with Crippen LogP contribution in [0.4, 0.5) is 21.5 Å². The number of halogens is 2.